The number of terminal acetylenes is 1. The first-order valence-corrected chi connectivity index (χ1v) is 4.84. The van der Waals surface area contributed by atoms with Gasteiger partial charge in [-0.25, -0.2) is 0 Å². The van der Waals surface area contributed by atoms with Gasteiger partial charge in [0.05, 0.1) is 0 Å². The van der Waals surface area contributed by atoms with Crippen LogP contribution in [0.15, 0.2) is 0 Å². The van der Waals surface area contributed by atoms with Crippen LogP contribution in [0, 0.1) is 24.2 Å². The highest BCUT2D eigenvalue weighted by Gasteiger charge is 2.28. The topological polar surface area (TPSA) is 0 Å². The molecule has 1 fully saturated rings. The molecule has 0 nitrogen and oxygen atoms in total. The van der Waals surface area contributed by atoms with Crippen LogP contribution in [0.25, 0.3) is 0 Å². The summed E-state index contributed by atoms with van der Waals surface area (Å²) in [6.07, 6.45) is 13.5. The zero-order valence-corrected chi connectivity index (χ0v) is 7.47. The molecule has 1 unspecified atom stereocenters. The minimum atomic E-state index is 0.613. The number of hydrogen-bond acceptors (Lipinski definition) is 0. The lowest BCUT2D eigenvalue weighted by Crippen LogP contribution is -1.98. The predicted molar refractivity (Wildman–Crippen MR) is 49.2 cm³/mol. The van der Waals surface area contributed by atoms with Gasteiger partial charge in [-0.15, -0.1) is 12.3 Å². The van der Waals surface area contributed by atoms with Crippen LogP contribution >= 0.6 is 0 Å². The van der Waals surface area contributed by atoms with E-state index in [1.54, 1.807) is 0 Å². The first kappa shape index (κ1) is 8.65. The normalized spacial score (nSPS) is 19.3. The summed E-state index contributed by atoms with van der Waals surface area (Å²) in [7, 11) is 0. The molecule has 1 aliphatic rings. The molecule has 11 heavy (non-hydrogen) atoms. The minimum absolute atomic E-state index is 0.613. The molecule has 1 aliphatic carbocycles. The van der Waals surface area contributed by atoms with Crippen LogP contribution in [0.2, 0.25) is 0 Å². The van der Waals surface area contributed by atoms with Crippen molar-refractivity contribution in [2.24, 2.45) is 11.8 Å². The molecule has 0 aromatic heterocycles. The minimum Gasteiger partial charge on any atom is -0.120 e. The zero-order valence-electron chi connectivity index (χ0n) is 7.47. The molecule has 0 aromatic rings. The van der Waals surface area contributed by atoms with E-state index in [1.165, 1.54) is 38.5 Å². The standard InChI is InChI=1S/C11H18/c1-3-5-6-7-10(4-2)11-8-9-11/h2,10-11H,3,5-9H2,1H3. The van der Waals surface area contributed by atoms with Gasteiger partial charge in [-0.1, -0.05) is 26.2 Å². The van der Waals surface area contributed by atoms with Crippen LogP contribution in [0.5, 0.6) is 0 Å². The Morgan fingerprint density at radius 1 is 1.45 bits per heavy atom. The van der Waals surface area contributed by atoms with Crippen LogP contribution in [-0.2, 0) is 0 Å². The SMILES string of the molecule is C#CC(CCCCC)C1CC1. The Balaban J connectivity index is 2.07. The van der Waals surface area contributed by atoms with Crippen molar-refractivity contribution >= 4 is 0 Å². The molecule has 0 heteroatoms. The van der Waals surface area contributed by atoms with Crippen molar-refractivity contribution in [2.75, 3.05) is 0 Å². The second kappa shape index (κ2) is 4.44. The van der Waals surface area contributed by atoms with Gasteiger partial charge in [0.25, 0.3) is 0 Å². The fourth-order valence-corrected chi connectivity index (χ4v) is 1.57. The summed E-state index contributed by atoms with van der Waals surface area (Å²) in [4.78, 5) is 0. The van der Waals surface area contributed by atoms with Crippen molar-refractivity contribution in [1.82, 2.24) is 0 Å². The van der Waals surface area contributed by atoms with Gasteiger partial charge in [-0.3, -0.25) is 0 Å². The average Bonchev–Trinajstić information content (AvgIpc) is 2.81. The molecule has 0 spiro atoms. The molecule has 62 valence electrons. The Labute approximate surface area is 70.4 Å². The van der Waals surface area contributed by atoms with Crippen molar-refractivity contribution in [1.29, 1.82) is 0 Å². The molecule has 0 N–H and O–H groups in total. The van der Waals surface area contributed by atoms with E-state index in [2.05, 4.69) is 12.8 Å². The molecule has 0 saturated heterocycles. The summed E-state index contributed by atoms with van der Waals surface area (Å²) in [6.45, 7) is 2.24. The summed E-state index contributed by atoms with van der Waals surface area (Å²) < 4.78 is 0. The van der Waals surface area contributed by atoms with E-state index in [4.69, 9.17) is 6.42 Å². The number of hydrogen-bond donors (Lipinski definition) is 0. The average molecular weight is 150 g/mol. The Kier molecular flexibility index (Phi) is 3.49. The van der Waals surface area contributed by atoms with Crippen molar-refractivity contribution in [2.45, 2.75) is 45.4 Å². The predicted octanol–water partition coefficient (Wildman–Crippen LogP) is 3.23. The third kappa shape index (κ3) is 2.97. The molecular formula is C11H18. The zero-order chi connectivity index (χ0) is 8.10. The van der Waals surface area contributed by atoms with Crippen LogP contribution in [0.3, 0.4) is 0 Å². The molecule has 0 heterocycles. The summed E-state index contributed by atoms with van der Waals surface area (Å²) >= 11 is 0. The fourth-order valence-electron chi connectivity index (χ4n) is 1.57. The molecule has 0 radical (unpaired) electrons. The molecule has 0 aromatic carbocycles. The quantitative estimate of drug-likeness (QED) is 0.417. The second-order valence-corrected chi connectivity index (χ2v) is 3.61. The summed E-state index contributed by atoms with van der Waals surface area (Å²) in [5.41, 5.74) is 0. The highest BCUT2D eigenvalue weighted by atomic mass is 14.3. The molecule has 0 bridgehead atoms. The fraction of sp³-hybridized carbons (Fsp3) is 0.818. The van der Waals surface area contributed by atoms with E-state index in [0.29, 0.717) is 5.92 Å². The lowest BCUT2D eigenvalue weighted by molar-refractivity contribution is 0.504. The van der Waals surface area contributed by atoms with Gasteiger partial charge >= 0.3 is 0 Å². The molecular weight excluding hydrogens is 132 g/mol. The lowest BCUT2D eigenvalue weighted by Gasteiger charge is -2.07. The Bertz CT molecular complexity index is 137. The van der Waals surface area contributed by atoms with Gasteiger partial charge in [-0.05, 0) is 25.2 Å². The third-order valence-corrected chi connectivity index (χ3v) is 2.52. The van der Waals surface area contributed by atoms with E-state index < -0.39 is 0 Å². The highest BCUT2D eigenvalue weighted by molar-refractivity contribution is 5.00. The first-order valence-electron chi connectivity index (χ1n) is 4.84. The van der Waals surface area contributed by atoms with Crippen molar-refractivity contribution in [3.05, 3.63) is 0 Å². The summed E-state index contributed by atoms with van der Waals surface area (Å²) in [5.74, 6) is 4.44. The van der Waals surface area contributed by atoms with Gasteiger partial charge in [-0.2, -0.15) is 0 Å². The smallest absolute Gasteiger partial charge is 0.0228 e. The van der Waals surface area contributed by atoms with E-state index >= 15 is 0 Å². The van der Waals surface area contributed by atoms with Crippen molar-refractivity contribution in [3.8, 4) is 12.3 Å². The van der Waals surface area contributed by atoms with Crippen LogP contribution in [0.4, 0.5) is 0 Å². The molecule has 1 rings (SSSR count). The van der Waals surface area contributed by atoms with Crippen LogP contribution < -0.4 is 0 Å². The van der Waals surface area contributed by atoms with Crippen LogP contribution in [-0.4, -0.2) is 0 Å². The van der Waals surface area contributed by atoms with E-state index in [1.807, 2.05) is 0 Å². The maximum atomic E-state index is 5.45. The second-order valence-electron chi connectivity index (χ2n) is 3.61. The van der Waals surface area contributed by atoms with Gasteiger partial charge in [0.2, 0.25) is 0 Å². The Morgan fingerprint density at radius 2 is 2.18 bits per heavy atom. The van der Waals surface area contributed by atoms with Gasteiger partial charge in [0.1, 0.15) is 0 Å². The van der Waals surface area contributed by atoms with E-state index in [0.717, 1.165) is 5.92 Å². The maximum Gasteiger partial charge on any atom is 0.0228 e. The Morgan fingerprint density at radius 3 is 2.64 bits per heavy atom. The van der Waals surface area contributed by atoms with Crippen LogP contribution in [0.1, 0.15) is 45.4 Å². The molecule has 0 amide bonds. The van der Waals surface area contributed by atoms with Crippen molar-refractivity contribution in [3.63, 3.8) is 0 Å². The molecule has 1 atom stereocenters. The van der Waals surface area contributed by atoms with Gasteiger partial charge in [0.15, 0.2) is 0 Å². The third-order valence-electron chi connectivity index (χ3n) is 2.52. The first-order chi connectivity index (χ1) is 5.38. The summed E-state index contributed by atoms with van der Waals surface area (Å²) in [5, 5.41) is 0. The monoisotopic (exact) mass is 150 g/mol. The van der Waals surface area contributed by atoms with E-state index in [9.17, 15) is 0 Å². The number of unbranched alkanes of at least 4 members (excludes halogenated alkanes) is 2. The molecule has 1 saturated carbocycles. The highest BCUT2D eigenvalue weighted by Crippen LogP contribution is 2.38. The largest absolute Gasteiger partial charge is 0.120 e. The number of rotatable bonds is 5. The van der Waals surface area contributed by atoms with E-state index in [-0.39, 0.29) is 0 Å². The van der Waals surface area contributed by atoms with Gasteiger partial charge < -0.3 is 0 Å². The maximum absolute atomic E-state index is 5.45. The Hall–Kier alpha value is -0.440. The van der Waals surface area contributed by atoms with Gasteiger partial charge in [0, 0.05) is 5.92 Å². The summed E-state index contributed by atoms with van der Waals surface area (Å²) in [6, 6.07) is 0. The molecule has 0 aliphatic heterocycles. The lowest BCUT2D eigenvalue weighted by atomic mass is 9.97. The van der Waals surface area contributed by atoms with Crippen molar-refractivity contribution < 1.29 is 0 Å².